The van der Waals surface area contributed by atoms with E-state index in [-0.39, 0.29) is 24.4 Å². The molecule has 0 saturated carbocycles. The van der Waals surface area contributed by atoms with Gasteiger partial charge in [-0.25, -0.2) is 0 Å². The van der Waals surface area contributed by atoms with Crippen LogP contribution in [0.15, 0.2) is 30.3 Å². The zero-order valence-corrected chi connectivity index (χ0v) is 10.2. The van der Waals surface area contributed by atoms with Gasteiger partial charge >= 0.3 is 0 Å². The van der Waals surface area contributed by atoms with Crippen molar-refractivity contribution in [3.05, 3.63) is 35.9 Å². The Kier molecular flexibility index (Phi) is 4.77. The highest BCUT2D eigenvalue weighted by Crippen LogP contribution is 2.07. The Morgan fingerprint density at radius 2 is 2.06 bits per heavy atom. The molecule has 0 spiro atoms. The predicted octanol–water partition coefficient (Wildman–Crippen LogP) is 1.08. The number of nitrogens with one attached hydrogen (secondary N) is 1. The fraction of sp³-hybridized carbons (Fsp3) is 0.417. The molecule has 1 atom stereocenters. The van der Waals surface area contributed by atoms with E-state index in [1.807, 2.05) is 25.2 Å². The van der Waals surface area contributed by atoms with E-state index in [1.54, 1.807) is 4.90 Å². The van der Waals surface area contributed by atoms with Crippen LogP contribution >= 0.6 is 12.4 Å². The second kappa shape index (κ2) is 5.87. The highest BCUT2D eigenvalue weighted by molar-refractivity contribution is 5.85. The van der Waals surface area contributed by atoms with Gasteiger partial charge in [0.1, 0.15) is 0 Å². The van der Waals surface area contributed by atoms with Crippen molar-refractivity contribution in [3.63, 3.8) is 0 Å². The van der Waals surface area contributed by atoms with E-state index in [4.69, 9.17) is 0 Å². The first-order chi connectivity index (χ1) is 7.27. The summed E-state index contributed by atoms with van der Waals surface area (Å²) >= 11 is 0. The fourth-order valence-corrected chi connectivity index (χ4v) is 1.88. The van der Waals surface area contributed by atoms with Crippen molar-refractivity contribution < 1.29 is 4.79 Å². The Hall–Kier alpha value is -1.06. The SMILES string of the molecule is CN1CCNC(Cc2ccccc2)C1=O.Cl. The van der Waals surface area contributed by atoms with E-state index in [1.165, 1.54) is 5.56 Å². The molecule has 1 aliphatic heterocycles. The molecular weight excluding hydrogens is 224 g/mol. The number of likely N-dealkylation sites (N-methyl/N-ethyl adjacent to an activating group) is 1. The largest absolute Gasteiger partial charge is 0.343 e. The molecule has 0 radical (unpaired) electrons. The average molecular weight is 241 g/mol. The molecule has 0 bridgehead atoms. The number of carbonyl (C=O) groups is 1. The maximum atomic E-state index is 11.8. The molecule has 3 nitrogen and oxygen atoms in total. The summed E-state index contributed by atoms with van der Waals surface area (Å²) in [5, 5.41) is 3.26. The number of piperazine rings is 1. The first-order valence-corrected chi connectivity index (χ1v) is 5.29. The van der Waals surface area contributed by atoms with Crippen molar-refractivity contribution in [3.8, 4) is 0 Å². The minimum atomic E-state index is -0.0499. The van der Waals surface area contributed by atoms with E-state index < -0.39 is 0 Å². The number of nitrogens with zero attached hydrogens (tertiary/aromatic N) is 1. The number of benzene rings is 1. The van der Waals surface area contributed by atoms with Gasteiger partial charge in [-0.2, -0.15) is 0 Å². The zero-order valence-electron chi connectivity index (χ0n) is 9.35. The first kappa shape index (κ1) is 13.0. The molecule has 0 aliphatic carbocycles. The molecule has 1 N–H and O–H groups in total. The van der Waals surface area contributed by atoms with Crippen molar-refractivity contribution in [1.29, 1.82) is 0 Å². The third-order valence-corrected chi connectivity index (χ3v) is 2.79. The van der Waals surface area contributed by atoms with Gasteiger partial charge in [-0.05, 0) is 12.0 Å². The third kappa shape index (κ3) is 2.97. The van der Waals surface area contributed by atoms with Crippen LogP contribution in [0, 0.1) is 0 Å². The van der Waals surface area contributed by atoms with Crippen LogP contribution in [-0.2, 0) is 11.2 Å². The van der Waals surface area contributed by atoms with Crippen molar-refractivity contribution in [2.24, 2.45) is 0 Å². The summed E-state index contributed by atoms with van der Waals surface area (Å²) in [5.74, 6) is 0.199. The summed E-state index contributed by atoms with van der Waals surface area (Å²) in [4.78, 5) is 13.6. The number of halogens is 1. The average Bonchev–Trinajstić information content (AvgIpc) is 2.26. The molecule has 1 aliphatic rings. The maximum Gasteiger partial charge on any atom is 0.239 e. The zero-order chi connectivity index (χ0) is 10.7. The number of rotatable bonds is 2. The van der Waals surface area contributed by atoms with Gasteiger partial charge in [0.15, 0.2) is 0 Å². The Labute approximate surface area is 102 Å². The van der Waals surface area contributed by atoms with E-state index in [0.29, 0.717) is 0 Å². The lowest BCUT2D eigenvalue weighted by Crippen LogP contribution is -2.54. The second-order valence-corrected chi connectivity index (χ2v) is 3.96. The quantitative estimate of drug-likeness (QED) is 0.839. The molecule has 1 saturated heterocycles. The number of hydrogen-bond acceptors (Lipinski definition) is 2. The van der Waals surface area contributed by atoms with Crippen LogP contribution in [0.2, 0.25) is 0 Å². The van der Waals surface area contributed by atoms with Crippen LogP contribution in [0.1, 0.15) is 5.56 Å². The maximum absolute atomic E-state index is 11.8. The lowest BCUT2D eigenvalue weighted by molar-refractivity contribution is -0.134. The van der Waals surface area contributed by atoms with Gasteiger partial charge in [-0.3, -0.25) is 4.79 Å². The standard InChI is InChI=1S/C12H16N2O.ClH/c1-14-8-7-13-11(12(14)15)9-10-5-3-2-4-6-10;/h2-6,11,13H,7-9H2,1H3;1H. The molecule has 1 heterocycles. The Balaban J connectivity index is 0.00000128. The Morgan fingerprint density at radius 1 is 1.38 bits per heavy atom. The first-order valence-electron chi connectivity index (χ1n) is 5.29. The molecule has 2 rings (SSSR count). The van der Waals surface area contributed by atoms with E-state index in [0.717, 1.165) is 19.5 Å². The van der Waals surface area contributed by atoms with Crippen LogP contribution in [0.3, 0.4) is 0 Å². The van der Waals surface area contributed by atoms with E-state index in [9.17, 15) is 4.79 Å². The van der Waals surface area contributed by atoms with Gasteiger partial charge in [-0.1, -0.05) is 30.3 Å². The van der Waals surface area contributed by atoms with Crippen LogP contribution in [0.25, 0.3) is 0 Å². The number of hydrogen-bond donors (Lipinski definition) is 1. The van der Waals surface area contributed by atoms with Crippen molar-refractivity contribution >= 4 is 18.3 Å². The van der Waals surface area contributed by atoms with Crippen LogP contribution in [0.4, 0.5) is 0 Å². The van der Waals surface area contributed by atoms with E-state index in [2.05, 4.69) is 17.4 Å². The van der Waals surface area contributed by atoms with Crippen LogP contribution in [0.5, 0.6) is 0 Å². The topological polar surface area (TPSA) is 32.3 Å². The summed E-state index contributed by atoms with van der Waals surface area (Å²) in [6, 6.07) is 10.1. The normalized spacial score (nSPS) is 20.4. The molecule has 1 aromatic rings. The molecule has 0 aromatic heterocycles. The molecule has 16 heavy (non-hydrogen) atoms. The van der Waals surface area contributed by atoms with Crippen molar-refractivity contribution in [2.75, 3.05) is 20.1 Å². The molecule has 1 amide bonds. The van der Waals surface area contributed by atoms with Gasteiger partial charge < -0.3 is 10.2 Å². The third-order valence-electron chi connectivity index (χ3n) is 2.79. The van der Waals surface area contributed by atoms with Gasteiger partial charge in [0.05, 0.1) is 6.04 Å². The van der Waals surface area contributed by atoms with Gasteiger partial charge in [0, 0.05) is 20.1 Å². The fourth-order valence-electron chi connectivity index (χ4n) is 1.88. The molecule has 4 heteroatoms. The van der Waals surface area contributed by atoms with Crippen molar-refractivity contribution in [1.82, 2.24) is 10.2 Å². The summed E-state index contributed by atoms with van der Waals surface area (Å²) < 4.78 is 0. The molecular formula is C12H17ClN2O. The smallest absolute Gasteiger partial charge is 0.239 e. The molecule has 1 aromatic carbocycles. The summed E-state index contributed by atoms with van der Waals surface area (Å²) in [6.45, 7) is 1.70. The molecule has 1 fully saturated rings. The highest BCUT2D eigenvalue weighted by atomic mass is 35.5. The highest BCUT2D eigenvalue weighted by Gasteiger charge is 2.25. The molecule has 88 valence electrons. The summed E-state index contributed by atoms with van der Waals surface area (Å²) in [5.41, 5.74) is 1.21. The Bertz CT molecular complexity index is 342. The van der Waals surface area contributed by atoms with E-state index >= 15 is 0 Å². The monoisotopic (exact) mass is 240 g/mol. The Morgan fingerprint density at radius 3 is 2.75 bits per heavy atom. The van der Waals surface area contributed by atoms with Crippen LogP contribution < -0.4 is 5.32 Å². The number of amides is 1. The van der Waals surface area contributed by atoms with Crippen molar-refractivity contribution in [2.45, 2.75) is 12.5 Å². The lowest BCUT2D eigenvalue weighted by atomic mass is 10.0. The van der Waals surface area contributed by atoms with Gasteiger partial charge in [0.2, 0.25) is 5.91 Å². The summed E-state index contributed by atoms with van der Waals surface area (Å²) in [7, 11) is 1.86. The van der Waals surface area contributed by atoms with Gasteiger partial charge in [-0.15, -0.1) is 12.4 Å². The minimum absolute atomic E-state index is 0. The van der Waals surface area contributed by atoms with Gasteiger partial charge in [0.25, 0.3) is 0 Å². The second-order valence-electron chi connectivity index (χ2n) is 3.96. The summed E-state index contributed by atoms with van der Waals surface area (Å²) in [6.07, 6.45) is 0.782. The predicted molar refractivity (Wildman–Crippen MR) is 66.8 cm³/mol. The number of carbonyl (C=O) groups excluding carboxylic acids is 1. The molecule has 1 unspecified atom stereocenters. The van der Waals surface area contributed by atoms with Crippen LogP contribution in [-0.4, -0.2) is 37.0 Å². The minimum Gasteiger partial charge on any atom is -0.343 e. The lowest BCUT2D eigenvalue weighted by Gasteiger charge is -2.30.